The lowest BCUT2D eigenvalue weighted by Gasteiger charge is -2.17. The molecule has 0 saturated carbocycles. The fourth-order valence-electron chi connectivity index (χ4n) is 1.47. The number of hydrogen-bond donors (Lipinski definition) is 0. The SMILES string of the molecule is CN1CCCN(CCN=[N+]=[N-])CC1=O. The predicted octanol–water partition coefficient (Wildman–Crippen LogP) is 0.461. The lowest BCUT2D eigenvalue weighted by atomic mass is 10.4. The normalized spacial score (nSPS) is 18.9. The number of hydrogen-bond acceptors (Lipinski definition) is 3. The third-order valence-electron chi connectivity index (χ3n) is 2.33. The van der Waals surface area contributed by atoms with Crippen LogP contribution in [0.1, 0.15) is 6.42 Å². The van der Waals surface area contributed by atoms with Crippen molar-refractivity contribution in [1.82, 2.24) is 9.80 Å². The molecule has 6 nitrogen and oxygen atoms in total. The van der Waals surface area contributed by atoms with Crippen LogP contribution >= 0.6 is 0 Å². The third kappa shape index (κ3) is 3.24. The Bertz CT molecular complexity index is 248. The highest BCUT2D eigenvalue weighted by atomic mass is 16.2. The van der Waals surface area contributed by atoms with E-state index in [4.69, 9.17) is 5.53 Å². The topological polar surface area (TPSA) is 72.3 Å². The molecule has 0 spiro atoms. The highest BCUT2D eigenvalue weighted by molar-refractivity contribution is 5.78. The molecule has 1 saturated heterocycles. The van der Waals surface area contributed by atoms with Crippen molar-refractivity contribution in [3.05, 3.63) is 10.4 Å². The van der Waals surface area contributed by atoms with E-state index in [0.717, 1.165) is 19.5 Å². The van der Waals surface area contributed by atoms with E-state index in [-0.39, 0.29) is 5.91 Å². The van der Waals surface area contributed by atoms with Crippen LogP contribution in [0.25, 0.3) is 10.4 Å². The number of rotatable bonds is 3. The van der Waals surface area contributed by atoms with E-state index in [9.17, 15) is 4.79 Å². The Morgan fingerprint density at radius 3 is 3.07 bits per heavy atom. The van der Waals surface area contributed by atoms with Gasteiger partial charge in [-0.2, -0.15) is 0 Å². The predicted molar refractivity (Wildman–Crippen MR) is 52.7 cm³/mol. The number of carbonyl (C=O) groups excluding carboxylic acids is 1. The van der Waals surface area contributed by atoms with Gasteiger partial charge in [-0.3, -0.25) is 9.69 Å². The molecule has 0 radical (unpaired) electrons. The first kappa shape index (κ1) is 10.8. The molecule has 1 rings (SSSR count). The number of nitrogens with zero attached hydrogens (tertiary/aromatic N) is 5. The molecule has 1 heterocycles. The molecule has 0 N–H and O–H groups in total. The number of carbonyl (C=O) groups is 1. The second kappa shape index (κ2) is 5.47. The summed E-state index contributed by atoms with van der Waals surface area (Å²) in [6.07, 6.45) is 0.985. The molecule has 0 atom stereocenters. The molecule has 0 unspecified atom stereocenters. The number of azide groups is 1. The molecule has 6 heteroatoms. The molecule has 0 aliphatic carbocycles. The fraction of sp³-hybridized carbons (Fsp3) is 0.875. The van der Waals surface area contributed by atoms with E-state index in [2.05, 4.69) is 10.0 Å². The van der Waals surface area contributed by atoms with Crippen LogP contribution in [0.15, 0.2) is 5.11 Å². The van der Waals surface area contributed by atoms with Gasteiger partial charge in [0.25, 0.3) is 0 Å². The number of amides is 1. The third-order valence-corrected chi connectivity index (χ3v) is 2.33. The molecule has 0 aromatic carbocycles. The second-order valence-electron chi connectivity index (χ2n) is 3.40. The molecule has 1 amide bonds. The number of likely N-dealkylation sites (N-methyl/N-ethyl adjacent to an activating group) is 1. The maximum atomic E-state index is 11.4. The van der Waals surface area contributed by atoms with Crippen molar-refractivity contribution in [3.8, 4) is 0 Å². The molecule has 0 bridgehead atoms. The maximum Gasteiger partial charge on any atom is 0.236 e. The van der Waals surface area contributed by atoms with Crippen LogP contribution in [0.2, 0.25) is 0 Å². The van der Waals surface area contributed by atoms with Gasteiger partial charge in [-0.25, -0.2) is 0 Å². The van der Waals surface area contributed by atoms with Crippen LogP contribution in [0.3, 0.4) is 0 Å². The Morgan fingerprint density at radius 1 is 1.57 bits per heavy atom. The van der Waals surface area contributed by atoms with Gasteiger partial charge in [0.2, 0.25) is 5.91 Å². The average Bonchev–Trinajstić information content (AvgIpc) is 2.31. The van der Waals surface area contributed by atoms with Gasteiger partial charge in [0.1, 0.15) is 0 Å². The van der Waals surface area contributed by atoms with Gasteiger partial charge >= 0.3 is 0 Å². The lowest BCUT2D eigenvalue weighted by Crippen LogP contribution is -2.35. The Hall–Kier alpha value is -1.26. The zero-order valence-electron chi connectivity index (χ0n) is 8.39. The van der Waals surface area contributed by atoms with E-state index in [0.29, 0.717) is 19.6 Å². The van der Waals surface area contributed by atoms with Crippen molar-refractivity contribution in [2.45, 2.75) is 6.42 Å². The molecule has 1 fully saturated rings. The van der Waals surface area contributed by atoms with Crippen molar-refractivity contribution in [2.24, 2.45) is 5.11 Å². The Kier molecular flexibility index (Phi) is 4.22. The van der Waals surface area contributed by atoms with Crippen LogP contribution in [-0.2, 0) is 4.79 Å². The summed E-state index contributed by atoms with van der Waals surface area (Å²) in [6.45, 7) is 3.27. The maximum absolute atomic E-state index is 11.4. The van der Waals surface area contributed by atoms with Gasteiger partial charge < -0.3 is 4.90 Å². The average molecular weight is 197 g/mol. The summed E-state index contributed by atoms with van der Waals surface area (Å²) in [7, 11) is 1.82. The summed E-state index contributed by atoms with van der Waals surface area (Å²) in [5.41, 5.74) is 8.11. The summed E-state index contributed by atoms with van der Waals surface area (Å²) < 4.78 is 0. The van der Waals surface area contributed by atoms with Crippen LogP contribution in [0.5, 0.6) is 0 Å². The molecular weight excluding hydrogens is 182 g/mol. The molecule has 0 aromatic heterocycles. The minimum absolute atomic E-state index is 0.142. The van der Waals surface area contributed by atoms with Crippen LogP contribution < -0.4 is 0 Å². The Balaban J connectivity index is 2.38. The molecule has 1 aliphatic heterocycles. The monoisotopic (exact) mass is 197 g/mol. The first-order chi connectivity index (χ1) is 6.74. The van der Waals surface area contributed by atoms with E-state index in [1.54, 1.807) is 4.90 Å². The molecule has 14 heavy (non-hydrogen) atoms. The highest BCUT2D eigenvalue weighted by Crippen LogP contribution is 2.01. The van der Waals surface area contributed by atoms with Crippen LogP contribution in [-0.4, -0.2) is 55.5 Å². The van der Waals surface area contributed by atoms with Crippen molar-refractivity contribution in [2.75, 3.05) is 39.8 Å². The molecular formula is C8H15N5O. The van der Waals surface area contributed by atoms with Gasteiger partial charge in [0.05, 0.1) is 6.54 Å². The fourth-order valence-corrected chi connectivity index (χ4v) is 1.47. The zero-order valence-corrected chi connectivity index (χ0v) is 8.39. The molecule has 0 aromatic rings. The lowest BCUT2D eigenvalue weighted by molar-refractivity contribution is -0.129. The smallest absolute Gasteiger partial charge is 0.236 e. The quantitative estimate of drug-likeness (QED) is 0.374. The van der Waals surface area contributed by atoms with E-state index in [1.807, 2.05) is 11.9 Å². The summed E-state index contributed by atoms with van der Waals surface area (Å²) in [6, 6.07) is 0. The van der Waals surface area contributed by atoms with Crippen molar-refractivity contribution in [1.29, 1.82) is 0 Å². The van der Waals surface area contributed by atoms with Crippen LogP contribution in [0, 0.1) is 0 Å². The van der Waals surface area contributed by atoms with Crippen molar-refractivity contribution >= 4 is 5.91 Å². The van der Waals surface area contributed by atoms with Gasteiger partial charge in [-0.15, -0.1) is 0 Å². The van der Waals surface area contributed by atoms with E-state index in [1.165, 1.54) is 0 Å². The van der Waals surface area contributed by atoms with Gasteiger partial charge in [-0.1, -0.05) is 5.11 Å². The second-order valence-corrected chi connectivity index (χ2v) is 3.40. The summed E-state index contributed by atoms with van der Waals surface area (Å²) in [4.78, 5) is 17.9. The van der Waals surface area contributed by atoms with Gasteiger partial charge in [0, 0.05) is 38.1 Å². The molecule has 1 aliphatic rings. The standard InChI is InChI=1S/C8H15N5O/c1-12-4-2-5-13(7-8(12)14)6-3-10-11-9/h2-7H2,1H3. The molecule has 78 valence electrons. The minimum Gasteiger partial charge on any atom is -0.345 e. The summed E-state index contributed by atoms with van der Waals surface area (Å²) >= 11 is 0. The van der Waals surface area contributed by atoms with Crippen LogP contribution in [0.4, 0.5) is 0 Å². The summed E-state index contributed by atoms with van der Waals surface area (Å²) in [5.74, 6) is 0.142. The largest absolute Gasteiger partial charge is 0.345 e. The van der Waals surface area contributed by atoms with Gasteiger partial charge in [-0.05, 0) is 12.0 Å². The first-order valence-corrected chi connectivity index (χ1v) is 4.71. The minimum atomic E-state index is 0.142. The summed E-state index contributed by atoms with van der Waals surface area (Å²) in [5, 5.41) is 3.45. The first-order valence-electron chi connectivity index (χ1n) is 4.71. The Morgan fingerprint density at radius 2 is 2.36 bits per heavy atom. The highest BCUT2D eigenvalue weighted by Gasteiger charge is 2.17. The van der Waals surface area contributed by atoms with E-state index < -0.39 is 0 Å². The van der Waals surface area contributed by atoms with Gasteiger partial charge in [0.15, 0.2) is 0 Å². The Labute approximate surface area is 83.1 Å². The van der Waals surface area contributed by atoms with Crippen molar-refractivity contribution < 1.29 is 4.79 Å². The zero-order chi connectivity index (χ0) is 10.4. The van der Waals surface area contributed by atoms with E-state index >= 15 is 0 Å². The van der Waals surface area contributed by atoms with Crippen molar-refractivity contribution in [3.63, 3.8) is 0 Å².